The van der Waals surface area contributed by atoms with Gasteiger partial charge < -0.3 is 26.6 Å². The van der Waals surface area contributed by atoms with Crippen LogP contribution in [0.3, 0.4) is 0 Å². The molecule has 0 heterocycles. The predicted molar refractivity (Wildman–Crippen MR) is 140 cm³/mol. The van der Waals surface area contributed by atoms with Gasteiger partial charge in [-0.1, -0.05) is 19.8 Å². The normalized spacial score (nSPS) is 36.5. The van der Waals surface area contributed by atoms with Crippen LogP contribution in [0.15, 0.2) is 0 Å². The monoisotopic (exact) mass is 498 g/mol. The Bertz CT molecular complexity index is 587. The molecule has 4 fully saturated rings. The molecule has 0 aliphatic heterocycles. The molecule has 7 nitrogen and oxygen atoms in total. The van der Waals surface area contributed by atoms with Crippen molar-refractivity contribution in [1.82, 2.24) is 0 Å². The molecule has 0 amide bonds. The molecule has 8 N–H and O–H groups in total. The van der Waals surface area contributed by atoms with Crippen molar-refractivity contribution in [2.75, 3.05) is 7.11 Å². The second-order valence-electron chi connectivity index (χ2n) is 11.3. The number of hydrogen-bond acceptors (Lipinski definition) is 3. The lowest BCUT2D eigenvalue weighted by Gasteiger charge is -2.36. The Balaban J connectivity index is 0. The first-order chi connectivity index (χ1) is 15.1. The summed E-state index contributed by atoms with van der Waals surface area (Å²) in [6, 6.07) is 4.86. The lowest BCUT2D eigenvalue weighted by molar-refractivity contribution is 0.0406. The van der Waals surface area contributed by atoms with Crippen LogP contribution in [0.1, 0.15) is 110 Å². The van der Waals surface area contributed by atoms with E-state index in [1.807, 2.05) is 7.11 Å². The van der Waals surface area contributed by atoms with Crippen LogP contribution in [0.25, 0.3) is 0 Å². The maximum absolute atomic E-state index is 8.89. The Labute approximate surface area is 213 Å². The summed E-state index contributed by atoms with van der Waals surface area (Å²) in [5, 5.41) is 17.8. The van der Waals surface area contributed by atoms with Crippen molar-refractivity contribution >= 4 is 0 Å². The maximum atomic E-state index is 8.89. The summed E-state index contributed by atoms with van der Waals surface area (Å²) < 4.78 is 5.42. The number of ether oxygens (including phenoxy) is 1. The Morgan fingerprint density at radius 1 is 0.486 bits per heavy atom. The standard InChI is InChI=1S/C14H23NO.C14H23N.4H2O/c1-16-14-8-6-13(7-9-14)12-4-2-11(10-15)3-5-12;1-11-2-6-13(7-3-11)14-8-4-12(10-15)5-9-14;;;;/h11-14H,2-9H2,1H3;11-14H,2-9H2,1H3;4*1H2. The van der Waals surface area contributed by atoms with Gasteiger partial charge in [-0.15, -0.1) is 0 Å². The first-order valence-corrected chi connectivity index (χ1v) is 13.4. The molecule has 0 unspecified atom stereocenters. The van der Waals surface area contributed by atoms with Crippen molar-refractivity contribution in [3.05, 3.63) is 0 Å². The van der Waals surface area contributed by atoms with Crippen LogP contribution in [-0.2, 0) is 4.74 Å². The molecular formula is C28H54N2O5. The molecule has 7 heteroatoms. The quantitative estimate of drug-likeness (QED) is 0.560. The van der Waals surface area contributed by atoms with E-state index in [1.165, 1.54) is 89.9 Å². The number of nitriles is 2. The van der Waals surface area contributed by atoms with Crippen LogP contribution in [-0.4, -0.2) is 35.1 Å². The van der Waals surface area contributed by atoms with E-state index < -0.39 is 0 Å². The van der Waals surface area contributed by atoms with E-state index >= 15 is 0 Å². The summed E-state index contributed by atoms with van der Waals surface area (Å²) >= 11 is 0. The van der Waals surface area contributed by atoms with Gasteiger partial charge in [0.25, 0.3) is 0 Å². The van der Waals surface area contributed by atoms with Gasteiger partial charge >= 0.3 is 0 Å². The topological polar surface area (TPSA) is 183 Å². The lowest BCUT2D eigenvalue weighted by atomic mass is 9.70. The molecule has 4 rings (SSSR count). The van der Waals surface area contributed by atoms with Crippen LogP contribution < -0.4 is 0 Å². The van der Waals surface area contributed by atoms with Crippen molar-refractivity contribution in [3.63, 3.8) is 0 Å². The highest BCUT2D eigenvalue weighted by Gasteiger charge is 2.31. The molecule has 4 aliphatic carbocycles. The number of rotatable bonds is 3. The molecule has 0 spiro atoms. The fraction of sp³-hybridized carbons (Fsp3) is 0.929. The molecular weight excluding hydrogens is 444 g/mol. The summed E-state index contributed by atoms with van der Waals surface area (Å²) in [7, 11) is 1.84. The van der Waals surface area contributed by atoms with Crippen LogP contribution in [0.5, 0.6) is 0 Å². The SMILES string of the molecule is CC1CCC(C2CCC(C#N)CC2)CC1.COC1CCC(C2CCC(C#N)CC2)CC1.O.O.O.O. The third kappa shape index (κ3) is 11.1. The van der Waals surface area contributed by atoms with E-state index in [0.29, 0.717) is 17.9 Å². The summed E-state index contributed by atoms with van der Waals surface area (Å²) in [5.41, 5.74) is 0. The van der Waals surface area contributed by atoms with Crippen molar-refractivity contribution in [2.45, 2.75) is 116 Å². The molecule has 0 radical (unpaired) electrons. The summed E-state index contributed by atoms with van der Waals surface area (Å²) in [5.74, 6) is 5.49. The van der Waals surface area contributed by atoms with Crippen molar-refractivity contribution in [1.29, 1.82) is 10.5 Å². The summed E-state index contributed by atoms with van der Waals surface area (Å²) in [6.07, 6.45) is 21.4. The number of hydrogen-bond donors (Lipinski definition) is 0. The van der Waals surface area contributed by atoms with E-state index in [4.69, 9.17) is 15.3 Å². The third-order valence-electron chi connectivity index (χ3n) is 9.35. The van der Waals surface area contributed by atoms with Crippen LogP contribution >= 0.6 is 0 Å². The van der Waals surface area contributed by atoms with Crippen molar-refractivity contribution in [2.24, 2.45) is 41.4 Å². The van der Waals surface area contributed by atoms with Crippen LogP contribution in [0.4, 0.5) is 0 Å². The molecule has 0 saturated heterocycles. The van der Waals surface area contributed by atoms with Gasteiger partial charge in [-0.2, -0.15) is 10.5 Å². The Morgan fingerprint density at radius 3 is 1.06 bits per heavy atom. The maximum Gasteiger partial charge on any atom is 0.0655 e. The minimum atomic E-state index is 0. The average molecular weight is 499 g/mol. The van der Waals surface area contributed by atoms with Gasteiger partial charge in [0.2, 0.25) is 0 Å². The largest absolute Gasteiger partial charge is 0.412 e. The zero-order chi connectivity index (χ0) is 22.1. The zero-order valence-corrected chi connectivity index (χ0v) is 22.2. The lowest BCUT2D eigenvalue weighted by Crippen LogP contribution is -2.27. The summed E-state index contributed by atoms with van der Waals surface area (Å²) in [6.45, 7) is 2.39. The minimum absolute atomic E-state index is 0. The molecule has 206 valence electrons. The molecule has 0 atom stereocenters. The number of nitrogens with zero attached hydrogens (tertiary/aromatic N) is 2. The molecule has 4 aliphatic rings. The second-order valence-corrected chi connectivity index (χ2v) is 11.3. The highest BCUT2D eigenvalue weighted by molar-refractivity contribution is 4.90. The van der Waals surface area contributed by atoms with Crippen LogP contribution in [0, 0.1) is 64.1 Å². The third-order valence-corrected chi connectivity index (χ3v) is 9.35. The van der Waals surface area contributed by atoms with Crippen molar-refractivity contribution in [3.8, 4) is 12.1 Å². The van der Waals surface area contributed by atoms with Gasteiger partial charge in [0.1, 0.15) is 0 Å². The van der Waals surface area contributed by atoms with E-state index in [-0.39, 0.29) is 21.9 Å². The number of methoxy groups -OCH3 is 1. The Morgan fingerprint density at radius 2 is 0.771 bits per heavy atom. The molecule has 0 aromatic heterocycles. The van der Waals surface area contributed by atoms with E-state index in [2.05, 4.69) is 19.1 Å². The Kier molecular flexibility index (Phi) is 19.5. The van der Waals surface area contributed by atoms with E-state index in [0.717, 1.165) is 42.4 Å². The highest BCUT2D eigenvalue weighted by Crippen LogP contribution is 2.41. The first kappa shape index (κ1) is 35.9. The fourth-order valence-electron chi connectivity index (χ4n) is 6.99. The average Bonchev–Trinajstić information content (AvgIpc) is 2.85. The van der Waals surface area contributed by atoms with Gasteiger partial charge in [-0.25, -0.2) is 0 Å². The zero-order valence-electron chi connectivity index (χ0n) is 22.2. The molecule has 0 aromatic rings. The van der Waals surface area contributed by atoms with Gasteiger partial charge in [-0.3, -0.25) is 0 Å². The molecule has 35 heavy (non-hydrogen) atoms. The van der Waals surface area contributed by atoms with Crippen LogP contribution in [0.2, 0.25) is 0 Å². The van der Waals surface area contributed by atoms with Crippen molar-refractivity contribution < 1.29 is 26.6 Å². The van der Waals surface area contributed by atoms with Gasteiger partial charge in [0.05, 0.1) is 18.2 Å². The van der Waals surface area contributed by atoms with Gasteiger partial charge in [0, 0.05) is 18.9 Å². The first-order valence-electron chi connectivity index (χ1n) is 13.4. The molecule has 0 bridgehead atoms. The predicted octanol–water partition coefficient (Wildman–Crippen LogP) is 4.37. The Hall–Kier alpha value is -1.22. The van der Waals surface area contributed by atoms with E-state index in [1.54, 1.807) is 0 Å². The van der Waals surface area contributed by atoms with E-state index in [9.17, 15) is 0 Å². The van der Waals surface area contributed by atoms with Gasteiger partial charge in [-0.05, 0) is 119 Å². The fourth-order valence-corrected chi connectivity index (χ4v) is 6.99. The molecule has 4 saturated carbocycles. The smallest absolute Gasteiger partial charge is 0.0655 e. The van der Waals surface area contributed by atoms with Gasteiger partial charge in [0.15, 0.2) is 0 Å². The molecule has 0 aromatic carbocycles. The highest BCUT2D eigenvalue weighted by atomic mass is 16.5. The second kappa shape index (κ2) is 19.0. The minimum Gasteiger partial charge on any atom is -0.412 e. The summed E-state index contributed by atoms with van der Waals surface area (Å²) in [4.78, 5) is 0.